The largest absolute Gasteiger partial charge is 0.477 e. The minimum atomic E-state index is -1.16. The maximum absolute atomic E-state index is 12.3. The highest BCUT2D eigenvalue weighted by molar-refractivity contribution is 6.01. The Bertz CT molecular complexity index is 1150. The Hall–Kier alpha value is -3.82. The van der Waals surface area contributed by atoms with Gasteiger partial charge in [-0.15, -0.1) is 0 Å². The number of benzene rings is 1. The van der Waals surface area contributed by atoms with Gasteiger partial charge in [0.25, 0.3) is 0 Å². The number of rotatable bonds is 4. The van der Waals surface area contributed by atoms with Crippen LogP contribution in [0, 0.1) is 0 Å². The average molecular weight is 441 g/mol. The molecule has 5 N–H and O–H groups in total. The number of carboxylic acids is 1. The maximum atomic E-state index is 12.3. The number of amides is 2. The van der Waals surface area contributed by atoms with Crippen molar-refractivity contribution in [1.29, 1.82) is 0 Å². The van der Waals surface area contributed by atoms with Gasteiger partial charge < -0.3 is 20.7 Å². The summed E-state index contributed by atoms with van der Waals surface area (Å²) in [6, 6.07) is 7.83. The number of aromatic nitrogens is 3. The number of carboxylic acid groups (broad SMARTS) is 1. The van der Waals surface area contributed by atoms with Crippen molar-refractivity contribution < 1.29 is 19.2 Å². The molecule has 0 saturated carbocycles. The number of hydrogen-bond donors (Lipinski definition) is 4. The molecule has 0 atom stereocenters. The first-order valence-corrected chi connectivity index (χ1v) is 10.1. The molecular weight excluding hydrogens is 412 g/mol. The third-order valence-electron chi connectivity index (χ3n) is 4.68. The number of carbonyl (C=O) groups is 2. The molecule has 0 bridgehead atoms. The molecule has 1 aromatic carbocycles. The van der Waals surface area contributed by atoms with Gasteiger partial charge in [-0.25, -0.2) is 14.3 Å². The highest BCUT2D eigenvalue weighted by Crippen LogP contribution is 2.31. The maximum Gasteiger partial charge on any atom is 0.341 e. The zero-order valence-corrected chi connectivity index (χ0v) is 19.0. The molecule has 2 amide bonds. The van der Waals surface area contributed by atoms with Crippen LogP contribution in [0.15, 0.2) is 34.9 Å². The van der Waals surface area contributed by atoms with Gasteiger partial charge in [0.15, 0.2) is 5.82 Å². The molecule has 3 rings (SSSR count). The predicted molar refractivity (Wildman–Crippen MR) is 122 cm³/mol. The third-order valence-corrected chi connectivity index (χ3v) is 4.68. The normalized spacial score (nSPS) is 11.9. The number of hydrogen-bond acceptors (Lipinski definition) is 6. The summed E-state index contributed by atoms with van der Waals surface area (Å²) in [5.41, 5.74) is 6.63. The number of nitrogens with one attached hydrogen (secondary N) is 2. The number of nitrogen functional groups attached to an aromatic ring is 1. The minimum Gasteiger partial charge on any atom is -0.477 e. The van der Waals surface area contributed by atoms with E-state index < -0.39 is 17.5 Å². The molecule has 0 aliphatic heterocycles. The van der Waals surface area contributed by atoms with Gasteiger partial charge in [-0.2, -0.15) is 5.10 Å². The van der Waals surface area contributed by atoms with E-state index in [9.17, 15) is 14.7 Å². The third kappa shape index (κ3) is 4.74. The van der Waals surface area contributed by atoms with Crippen molar-refractivity contribution in [3.05, 3.63) is 41.7 Å². The lowest BCUT2D eigenvalue weighted by molar-refractivity contribution is 0.0698. The average Bonchev–Trinajstić information content (AvgIpc) is 3.26. The van der Waals surface area contributed by atoms with Crippen molar-refractivity contribution in [1.82, 2.24) is 14.9 Å². The lowest BCUT2D eigenvalue weighted by Crippen LogP contribution is -2.25. The van der Waals surface area contributed by atoms with Crippen LogP contribution < -0.4 is 16.4 Å². The van der Waals surface area contributed by atoms with Crippen LogP contribution in [0.2, 0.25) is 0 Å². The molecule has 0 spiro atoms. The zero-order chi connectivity index (χ0) is 23.8. The van der Waals surface area contributed by atoms with Crippen LogP contribution in [0.1, 0.15) is 57.7 Å². The van der Waals surface area contributed by atoms with Crippen molar-refractivity contribution in [2.45, 2.75) is 52.5 Å². The lowest BCUT2D eigenvalue weighted by atomic mass is 9.93. The summed E-state index contributed by atoms with van der Waals surface area (Å²) in [6.45, 7) is 11.6. The van der Waals surface area contributed by atoms with E-state index in [2.05, 4.69) is 20.9 Å². The Kier molecular flexibility index (Phi) is 5.73. The highest BCUT2D eigenvalue weighted by atomic mass is 16.5. The molecule has 0 fully saturated rings. The number of carbonyl (C=O) groups excluding carboxylic acids is 1. The number of urea groups is 1. The Labute approximate surface area is 185 Å². The van der Waals surface area contributed by atoms with E-state index in [1.54, 1.807) is 30.3 Å². The van der Waals surface area contributed by atoms with Crippen LogP contribution in [0.3, 0.4) is 0 Å². The molecule has 170 valence electrons. The van der Waals surface area contributed by atoms with Crippen LogP contribution in [0.25, 0.3) is 11.3 Å². The van der Waals surface area contributed by atoms with Crippen molar-refractivity contribution in [2.75, 3.05) is 16.4 Å². The molecule has 2 aromatic heterocycles. The summed E-state index contributed by atoms with van der Waals surface area (Å²) in [5, 5.41) is 23.2. The molecule has 0 aliphatic carbocycles. The van der Waals surface area contributed by atoms with E-state index in [1.165, 1.54) is 4.68 Å². The van der Waals surface area contributed by atoms with Gasteiger partial charge in [-0.3, -0.25) is 5.32 Å². The summed E-state index contributed by atoms with van der Waals surface area (Å²) in [5.74, 6) is -0.112. The molecule has 3 aromatic rings. The first kappa shape index (κ1) is 22.9. The van der Waals surface area contributed by atoms with Crippen LogP contribution in [0.5, 0.6) is 0 Å². The van der Waals surface area contributed by atoms with Crippen LogP contribution in [-0.4, -0.2) is 32.0 Å². The molecule has 0 aliphatic rings. The fraction of sp³-hybridized carbons (Fsp3) is 0.364. The van der Waals surface area contributed by atoms with Crippen molar-refractivity contribution in [2.24, 2.45) is 0 Å². The molecule has 32 heavy (non-hydrogen) atoms. The molecular formula is C22H28N6O4. The Morgan fingerprint density at radius 2 is 1.69 bits per heavy atom. The minimum absolute atomic E-state index is 0.0564. The fourth-order valence-corrected chi connectivity index (χ4v) is 3.03. The van der Waals surface area contributed by atoms with Crippen molar-refractivity contribution in [3.8, 4) is 11.3 Å². The Morgan fingerprint density at radius 3 is 2.19 bits per heavy atom. The molecule has 10 nitrogen and oxygen atoms in total. The number of nitrogens with zero attached hydrogens (tertiary/aromatic N) is 3. The second kappa shape index (κ2) is 8.03. The SMILES string of the molecule is CC(C)(C)c1cc(NC(=O)Nc2ccc(-c3nn(C(C)(C)C)c(N)c3C(=O)O)cc2)no1. The second-order valence-corrected chi connectivity index (χ2v) is 9.48. The standard InChI is InChI=1S/C22H28N6O4/c1-21(2,3)14-11-15(27-32-14)25-20(31)24-13-9-7-12(8-10-13)17-16(19(29)30)18(23)28(26-17)22(4,5)6/h7-11H,23H2,1-6H3,(H,29,30)(H2,24,25,27,31). The molecule has 2 heterocycles. The van der Waals surface area contributed by atoms with E-state index >= 15 is 0 Å². The summed E-state index contributed by atoms with van der Waals surface area (Å²) < 4.78 is 6.75. The Balaban J connectivity index is 1.78. The van der Waals surface area contributed by atoms with Gasteiger partial charge in [0.1, 0.15) is 22.8 Å². The molecule has 0 unspecified atom stereocenters. The van der Waals surface area contributed by atoms with Crippen LogP contribution >= 0.6 is 0 Å². The van der Waals surface area contributed by atoms with Gasteiger partial charge >= 0.3 is 12.0 Å². The lowest BCUT2D eigenvalue weighted by Gasteiger charge is -2.20. The van der Waals surface area contributed by atoms with Gasteiger partial charge in [-0.1, -0.05) is 38.1 Å². The first-order valence-electron chi connectivity index (χ1n) is 10.1. The summed E-state index contributed by atoms with van der Waals surface area (Å²) in [4.78, 5) is 24.1. The predicted octanol–water partition coefficient (Wildman–Crippen LogP) is 4.52. The highest BCUT2D eigenvalue weighted by Gasteiger charge is 2.28. The number of aromatic carboxylic acids is 1. The topological polar surface area (TPSA) is 148 Å². The van der Waals surface area contributed by atoms with Gasteiger partial charge in [0.05, 0.1) is 5.54 Å². The molecule has 0 radical (unpaired) electrons. The van der Waals surface area contributed by atoms with E-state index in [4.69, 9.17) is 10.3 Å². The quantitative estimate of drug-likeness (QED) is 0.466. The number of nitrogens with two attached hydrogens (primary N) is 1. The molecule has 10 heteroatoms. The smallest absolute Gasteiger partial charge is 0.341 e. The summed E-state index contributed by atoms with van der Waals surface area (Å²) >= 11 is 0. The van der Waals surface area contributed by atoms with Gasteiger partial charge in [-0.05, 0) is 32.9 Å². The van der Waals surface area contributed by atoms with Crippen LogP contribution in [0.4, 0.5) is 22.1 Å². The van der Waals surface area contributed by atoms with Gasteiger partial charge in [0, 0.05) is 22.7 Å². The monoisotopic (exact) mass is 440 g/mol. The first-order chi connectivity index (χ1) is 14.8. The van der Waals surface area contributed by atoms with Crippen LogP contribution in [-0.2, 0) is 11.0 Å². The van der Waals surface area contributed by atoms with E-state index in [0.717, 1.165) is 0 Å². The van der Waals surface area contributed by atoms with Crippen molar-refractivity contribution in [3.63, 3.8) is 0 Å². The fourth-order valence-electron chi connectivity index (χ4n) is 3.03. The summed E-state index contributed by atoms with van der Waals surface area (Å²) in [6.07, 6.45) is 0. The van der Waals surface area contributed by atoms with E-state index in [0.29, 0.717) is 22.8 Å². The second-order valence-electron chi connectivity index (χ2n) is 9.48. The van der Waals surface area contributed by atoms with Crippen molar-refractivity contribution >= 4 is 29.3 Å². The zero-order valence-electron chi connectivity index (χ0n) is 19.0. The van der Waals surface area contributed by atoms with E-state index in [-0.39, 0.29) is 22.5 Å². The Morgan fingerprint density at radius 1 is 1.06 bits per heavy atom. The van der Waals surface area contributed by atoms with Gasteiger partial charge in [0.2, 0.25) is 0 Å². The molecule has 0 saturated heterocycles. The number of anilines is 3. The summed E-state index contributed by atoms with van der Waals surface area (Å²) in [7, 11) is 0. The van der Waals surface area contributed by atoms with E-state index in [1.807, 2.05) is 41.5 Å².